The fourth-order valence-electron chi connectivity index (χ4n) is 2.48. The first-order chi connectivity index (χ1) is 12.0. The summed E-state index contributed by atoms with van der Waals surface area (Å²) in [7, 11) is 0. The zero-order valence-electron chi connectivity index (χ0n) is 13.0. The molecule has 0 saturated heterocycles. The molecule has 0 spiro atoms. The van der Waals surface area contributed by atoms with E-state index in [0.717, 1.165) is 0 Å². The Morgan fingerprint density at radius 2 is 1.76 bits per heavy atom. The van der Waals surface area contributed by atoms with Crippen LogP contribution in [0.25, 0.3) is 5.57 Å². The predicted octanol–water partition coefficient (Wildman–Crippen LogP) is 3.73. The number of hydrogen-bond acceptors (Lipinski definition) is 3. The lowest BCUT2D eigenvalue weighted by Crippen LogP contribution is -2.27. The van der Waals surface area contributed by atoms with Crippen molar-refractivity contribution in [3.8, 4) is 0 Å². The summed E-state index contributed by atoms with van der Waals surface area (Å²) in [4.78, 5) is 24.2. The number of benzene rings is 2. The third-order valence-electron chi connectivity index (χ3n) is 3.71. The van der Waals surface area contributed by atoms with E-state index in [9.17, 15) is 14.0 Å². The first kappa shape index (κ1) is 16.9. The van der Waals surface area contributed by atoms with E-state index < -0.39 is 11.8 Å². The number of ether oxygens (including phenoxy) is 1. The molecule has 1 aliphatic rings. The second kappa shape index (κ2) is 6.91. The van der Waals surface area contributed by atoms with E-state index in [1.807, 2.05) is 0 Å². The number of esters is 1. The molecule has 0 saturated carbocycles. The summed E-state index contributed by atoms with van der Waals surface area (Å²) in [6.07, 6.45) is 0. The third-order valence-corrected chi connectivity index (χ3v) is 3.96. The highest BCUT2D eigenvalue weighted by Crippen LogP contribution is 2.33. The van der Waals surface area contributed by atoms with Gasteiger partial charge in [0.2, 0.25) is 0 Å². The minimum absolute atomic E-state index is 0.0357. The van der Waals surface area contributed by atoms with Crippen LogP contribution in [0.15, 0.2) is 66.4 Å². The summed E-state index contributed by atoms with van der Waals surface area (Å²) < 4.78 is 18.2. The van der Waals surface area contributed by atoms with Gasteiger partial charge in [-0.1, -0.05) is 30.3 Å². The Morgan fingerprint density at radius 3 is 2.40 bits per heavy atom. The molecule has 3 rings (SSSR count). The van der Waals surface area contributed by atoms with Crippen LogP contribution in [-0.2, 0) is 9.53 Å². The van der Waals surface area contributed by atoms with E-state index in [0.29, 0.717) is 21.7 Å². The zero-order chi connectivity index (χ0) is 18.0. The highest BCUT2D eigenvalue weighted by atomic mass is 35.5. The Kier molecular flexibility index (Phi) is 4.67. The van der Waals surface area contributed by atoms with Crippen molar-refractivity contribution in [2.75, 3.05) is 6.54 Å². The van der Waals surface area contributed by atoms with Crippen LogP contribution in [0, 0.1) is 5.82 Å². The lowest BCUT2D eigenvalue weighted by atomic mass is 10.00. The Labute approximate surface area is 148 Å². The Hall–Kier alpha value is -2.92. The lowest BCUT2D eigenvalue weighted by Gasteiger charge is -2.07. The van der Waals surface area contributed by atoms with Gasteiger partial charge in [0.15, 0.2) is 0 Å². The van der Waals surface area contributed by atoms with E-state index >= 15 is 0 Å². The molecule has 0 fully saturated rings. The second-order valence-electron chi connectivity index (χ2n) is 5.36. The van der Waals surface area contributed by atoms with Crippen molar-refractivity contribution in [2.45, 2.75) is 0 Å². The number of cyclic esters (lactones) is 1. The molecule has 0 atom stereocenters. The highest BCUT2D eigenvalue weighted by molar-refractivity contribution is 6.30. The fourth-order valence-corrected chi connectivity index (χ4v) is 2.61. The number of carbonyl (C=O) groups is 2. The van der Waals surface area contributed by atoms with E-state index in [4.69, 9.17) is 16.3 Å². The molecule has 1 aliphatic heterocycles. The molecule has 6 heteroatoms. The van der Waals surface area contributed by atoms with Crippen molar-refractivity contribution in [3.63, 3.8) is 0 Å². The molecule has 1 amide bonds. The molecule has 4 nitrogen and oxygen atoms in total. The van der Waals surface area contributed by atoms with Crippen LogP contribution in [0.1, 0.15) is 15.9 Å². The summed E-state index contributed by atoms with van der Waals surface area (Å²) in [5.41, 5.74) is 1.73. The summed E-state index contributed by atoms with van der Waals surface area (Å²) in [6, 6.07) is 12.0. The number of carbonyl (C=O) groups excluding carboxylic acids is 2. The minimum Gasteiger partial charge on any atom is -0.423 e. The Bertz CT molecular complexity index is 886. The summed E-state index contributed by atoms with van der Waals surface area (Å²) >= 11 is 5.79. The van der Waals surface area contributed by atoms with Crippen LogP contribution in [0.2, 0.25) is 5.02 Å². The first-order valence-corrected chi connectivity index (χ1v) is 7.78. The average molecular weight is 358 g/mol. The maximum Gasteiger partial charge on any atom is 0.341 e. The topological polar surface area (TPSA) is 55.4 Å². The summed E-state index contributed by atoms with van der Waals surface area (Å²) in [6.45, 7) is 3.67. The number of rotatable bonds is 4. The van der Waals surface area contributed by atoms with Crippen molar-refractivity contribution in [2.24, 2.45) is 0 Å². The Morgan fingerprint density at radius 1 is 1.12 bits per heavy atom. The van der Waals surface area contributed by atoms with E-state index in [2.05, 4.69) is 11.9 Å². The summed E-state index contributed by atoms with van der Waals surface area (Å²) in [5, 5.41) is 3.19. The fraction of sp³-hybridized carbons (Fsp3) is 0.0526. The summed E-state index contributed by atoms with van der Waals surface area (Å²) in [5.74, 6) is -1.15. The molecule has 1 N–H and O–H groups in total. The molecule has 126 valence electrons. The SMILES string of the molecule is C=C1OC(=O)C(CNC(=O)c2ccc(Cl)cc2)=C1c1ccc(F)cc1. The second-order valence-corrected chi connectivity index (χ2v) is 5.80. The molecule has 0 aliphatic carbocycles. The molecule has 0 unspecified atom stereocenters. The van der Waals surface area contributed by atoms with Crippen LogP contribution in [-0.4, -0.2) is 18.4 Å². The number of hydrogen-bond donors (Lipinski definition) is 1. The molecular weight excluding hydrogens is 345 g/mol. The van der Waals surface area contributed by atoms with Gasteiger partial charge in [-0.15, -0.1) is 0 Å². The van der Waals surface area contributed by atoms with Gasteiger partial charge in [-0.05, 0) is 42.0 Å². The molecule has 25 heavy (non-hydrogen) atoms. The normalized spacial score (nSPS) is 13.8. The van der Waals surface area contributed by atoms with Gasteiger partial charge in [0, 0.05) is 16.2 Å². The van der Waals surface area contributed by atoms with Crippen LogP contribution >= 0.6 is 11.6 Å². The van der Waals surface area contributed by atoms with Gasteiger partial charge in [0.25, 0.3) is 5.91 Å². The molecule has 2 aromatic rings. The first-order valence-electron chi connectivity index (χ1n) is 7.40. The van der Waals surface area contributed by atoms with Gasteiger partial charge in [0.1, 0.15) is 11.6 Å². The van der Waals surface area contributed by atoms with E-state index in [1.54, 1.807) is 24.3 Å². The van der Waals surface area contributed by atoms with Crippen LogP contribution in [0.3, 0.4) is 0 Å². The van der Waals surface area contributed by atoms with E-state index in [-0.39, 0.29) is 23.8 Å². The maximum atomic E-state index is 13.1. The van der Waals surface area contributed by atoms with Gasteiger partial charge < -0.3 is 10.1 Å². The van der Waals surface area contributed by atoms with Crippen molar-refractivity contribution in [3.05, 3.63) is 88.4 Å². The average Bonchev–Trinajstić information content (AvgIpc) is 2.87. The van der Waals surface area contributed by atoms with Crippen molar-refractivity contribution >= 4 is 29.1 Å². The van der Waals surface area contributed by atoms with Gasteiger partial charge in [-0.2, -0.15) is 0 Å². The van der Waals surface area contributed by atoms with Crippen LogP contribution < -0.4 is 5.32 Å². The molecule has 0 aromatic heterocycles. The van der Waals surface area contributed by atoms with Crippen LogP contribution in [0.4, 0.5) is 4.39 Å². The van der Waals surface area contributed by atoms with Crippen molar-refractivity contribution < 1.29 is 18.7 Å². The monoisotopic (exact) mass is 357 g/mol. The molecule has 0 radical (unpaired) electrons. The third kappa shape index (κ3) is 3.61. The molecule has 2 aromatic carbocycles. The lowest BCUT2D eigenvalue weighted by molar-refractivity contribution is -0.133. The molecule has 1 heterocycles. The molecular formula is C19H13ClFNO3. The Balaban J connectivity index is 1.83. The molecule has 0 bridgehead atoms. The largest absolute Gasteiger partial charge is 0.423 e. The number of allylic oxidation sites excluding steroid dienone is 1. The highest BCUT2D eigenvalue weighted by Gasteiger charge is 2.29. The van der Waals surface area contributed by atoms with E-state index in [1.165, 1.54) is 24.3 Å². The quantitative estimate of drug-likeness (QED) is 0.848. The van der Waals surface area contributed by atoms with Crippen LogP contribution in [0.5, 0.6) is 0 Å². The zero-order valence-corrected chi connectivity index (χ0v) is 13.8. The van der Waals surface area contributed by atoms with Gasteiger partial charge in [0.05, 0.1) is 12.1 Å². The van der Waals surface area contributed by atoms with Gasteiger partial charge in [-0.25, -0.2) is 9.18 Å². The maximum absolute atomic E-state index is 13.1. The van der Waals surface area contributed by atoms with Gasteiger partial charge in [-0.3, -0.25) is 4.79 Å². The van der Waals surface area contributed by atoms with Crippen molar-refractivity contribution in [1.29, 1.82) is 0 Å². The number of amides is 1. The van der Waals surface area contributed by atoms with Crippen molar-refractivity contribution in [1.82, 2.24) is 5.32 Å². The smallest absolute Gasteiger partial charge is 0.341 e. The number of halogens is 2. The van der Waals surface area contributed by atoms with Gasteiger partial charge >= 0.3 is 5.97 Å². The number of nitrogens with one attached hydrogen (secondary N) is 1. The predicted molar refractivity (Wildman–Crippen MR) is 92.3 cm³/mol. The minimum atomic E-state index is -0.583. The standard InChI is InChI=1S/C19H13ClFNO3/c1-11-17(12-4-8-15(21)9-5-12)16(19(24)25-11)10-22-18(23)13-2-6-14(20)7-3-13/h2-9H,1,10H2,(H,22,23).